The van der Waals surface area contributed by atoms with Crippen molar-refractivity contribution in [2.45, 2.75) is 6.54 Å². The minimum absolute atomic E-state index is 0.166. The van der Waals surface area contributed by atoms with Crippen molar-refractivity contribution in [3.63, 3.8) is 0 Å². The van der Waals surface area contributed by atoms with Gasteiger partial charge in [-0.3, -0.25) is 9.59 Å². The molecule has 0 atom stereocenters. The highest BCUT2D eigenvalue weighted by molar-refractivity contribution is 7.13. The maximum absolute atomic E-state index is 12.4. The number of pyridine rings is 1. The average Bonchev–Trinajstić information content (AvgIpc) is 3.17. The predicted molar refractivity (Wildman–Crippen MR) is 103 cm³/mol. The average molecular weight is 369 g/mol. The molecule has 134 valence electrons. The molecule has 0 spiro atoms. The highest BCUT2D eigenvalue weighted by Crippen LogP contribution is 2.20. The third kappa shape index (κ3) is 3.47. The Morgan fingerprint density at radius 3 is 2.92 bits per heavy atom. The quantitative estimate of drug-likeness (QED) is 0.645. The molecule has 3 heterocycles. The van der Waals surface area contributed by atoms with E-state index in [4.69, 9.17) is 0 Å². The summed E-state index contributed by atoms with van der Waals surface area (Å²) in [5, 5.41) is 9.64. The summed E-state index contributed by atoms with van der Waals surface area (Å²) in [6, 6.07) is 9.37. The van der Waals surface area contributed by atoms with Crippen LogP contribution < -0.4 is 21.1 Å². The van der Waals surface area contributed by atoms with Gasteiger partial charge in [-0.1, -0.05) is 18.2 Å². The Labute approximate surface area is 154 Å². The van der Waals surface area contributed by atoms with Gasteiger partial charge in [-0.2, -0.15) is 0 Å². The van der Waals surface area contributed by atoms with E-state index in [2.05, 4.69) is 25.5 Å². The number of aromatic amines is 1. The van der Waals surface area contributed by atoms with E-state index in [-0.39, 0.29) is 18.0 Å². The van der Waals surface area contributed by atoms with Crippen molar-refractivity contribution >= 4 is 33.3 Å². The molecule has 0 aliphatic carbocycles. The number of carbonyl (C=O) groups is 1. The highest BCUT2D eigenvalue weighted by Gasteiger charge is 2.17. The van der Waals surface area contributed by atoms with E-state index in [0.29, 0.717) is 11.3 Å². The molecule has 1 aliphatic heterocycles. The zero-order chi connectivity index (χ0) is 17.9. The summed E-state index contributed by atoms with van der Waals surface area (Å²) in [5.74, 6) is -0.268. The van der Waals surface area contributed by atoms with Gasteiger partial charge in [-0.05, 0) is 17.5 Å². The van der Waals surface area contributed by atoms with Crippen LogP contribution in [0.4, 0.5) is 5.13 Å². The summed E-state index contributed by atoms with van der Waals surface area (Å²) in [7, 11) is 0. The van der Waals surface area contributed by atoms with Gasteiger partial charge in [-0.15, -0.1) is 11.3 Å². The first-order chi connectivity index (χ1) is 12.7. The number of nitrogens with zero attached hydrogens (tertiary/aromatic N) is 2. The van der Waals surface area contributed by atoms with Crippen LogP contribution in [0.1, 0.15) is 16.1 Å². The molecule has 1 fully saturated rings. The highest BCUT2D eigenvalue weighted by atomic mass is 32.1. The predicted octanol–water partition coefficient (Wildman–Crippen LogP) is 1.32. The van der Waals surface area contributed by atoms with Gasteiger partial charge in [0.2, 0.25) is 0 Å². The molecular weight excluding hydrogens is 350 g/mol. The van der Waals surface area contributed by atoms with Crippen LogP contribution >= 0.6 is 11.3 Å². The lowest BCUT2D eigenvalue weighted by atomic mass is 10.1. The topological polar surface area (TPSA) is 90.1 Å². The van der Waals surface area contributed by atoms with E-state index >= 15 is 0 Å². The molecule has 2 aromatic heterocycles. The number of nitrogens with one attached hydrogen (secondary N) is 3. The number of piperazine rings is 1. The number of rotatable bonds is 4. The molecule has 0 radical (unpaired) electrons. The van der Waals surface area contributed by atoms with Crippen molar-refractivity contribution in [1.82, 2.24) is 20.6 Å². The van der Waals surface area contributed by atoms with Crippen LogP contribution in [-0.2, 0) is 6.54 Å². The molecule has 4 rings (SSSR count). The molecule has 0 bridgehead atoms. The van der Waals surface area contributed by atoms with Crippen LogP contribution in [0.2, 0.25) is 0 Å². The van der Waals surface area contributed by atoms with Crippen molar-refractivity contribution < 1.29 is 4.79 Å². The fourth-order valence-corrected chi connectivity index (χ4v) is 3.82. The van der Waals surface area contributed by atoms with E-state index in [9.17, 15) is 9.59 Å². The normalized spacial score (nSPS) is 14.5. The summed E-state index contributed by atoms with van der Waals surface area (Å²) >= 11 is 1.47. The van der Waals surface area contributed by atoms with E-state index < -0.39 is 0 Å². The van der Waals surface area contributed by atoms with E-state index in [1.165, 1.54) is 11.3 Å². The second-order valence-electron chi connectivity index (χ2n) is 6.15. The molecule has 0 unspecified atom stereocenters. The molecular formula is C18H19N5O2S. The van der Waals surface area contributed by atoms with Gasteiger partial charge in [-0.25, -0.2) is 4.98 Å². The van der Waals surface area contributed by atoms with Crippen molar-refractivity contribution in [3.8, 4) is 0 Å². The standard InChI is InChI=1S/C18H19N5O2S/c24-16-13(9-12-3-1-2-4-14(12)21-16)10-20-17(25)15-11-26-18(22-15)23-7-5-19-6-8-23/h1-4,9,11,19H,5-8,10H2,(H,20,25)(H,21,24). The summed E-state index contributed by atoms with van der Waals surface area (Å²) in [5.41, 5.74) is 1.51. The van der Waals surface area contributed by atoms with Crippen molar-refractivity contribution in [2.75, 3.05) is 31.1 Å². The van der Waals surface area contributed by atoms with Crippen LogP contribution in [0.25, 0.3) is 10.9 Å². The second-order valence-corrected chi connectivity index (χ2v) is 6.98. The Morgan fingerprint density at radius 1 is 1.27 bits per heavy atom. The molecule has 8 heteroatoms. The van der Waals surface area contributed by atoms with Crippen LogP contribution in [-0.4, -0.2) is 42.1 Å². The van der Waals surface area contributed by atoms with E-state index in [1.807, 2.05) is 30.3 Å². The van der Waals surface area contributed by atoms with Crippen LogP contribution in [0.15, 0.2) is 40.5 Å². The number of carbonyl (C=O) groups excluding carboxylic acids is 1. The van der Waals surface area contributed by atoms with E-state index in [1.54, 1.807) is 5.38 Å². The zero-order valence-corrected chi connectivity index (χ0v) is 14.9. The number of amides is 1. The van der Waals surface area contributed by atoms with Gasteiger partial charge < -0.3 is 20.5 Å². The number of para-hydroxylation sites is 1. The number of hydrogen-bond acceptors (Lipinski definition) is 6. The maximum Gasteiger partial charge on any atom is 0.271 e. The summed E-state index contributed by atoms with van der Waals surface area (Å²) in [6.45, 7) is 3.79. The molecule has 3 aromatic rings. The van der Waals surface area contributed by atoms with Crippen LogP contribution in [0, 0.1) is 0 Å². The number of hydrogen-bond donors (Lipinski definition) is 3. The molecule has 1 aliphatic rings. The third-order valence-corrected chi connectivity index (χ3v) is 5.28. The Morgan fingerprint density at radius 2 is 2.08 bits per heavy atom. The third-order valence-electron chi connectivity index (χ3n) is 4.38. The Kier molecular flexibility index (Phi) is 4.68. The molecule has 0 saturated carbocycles. The number of aromatic nitrogens is 2. The first kappa shape index (κ1) is 16.7. The maximum atomic E-state index is 12.4. The zero-order valence-electron chi connectivity index (χ0n) is 14.1. The number of fused-ring (bicyclic) bond motifs is 1. The second kappa shape index (κ2) is 7.27. The van der Waals surface area contributed by atoms with Crippen molar-refractivity contribution in [2.24, 2.45) is 0 Å². The minimum Gasteiger partial charge on any atom is -0.346 e. The first-order valence-electron chi connectivity index (χ1n) is 8.51. The van der Waals surface area contributed by atoms with Gasteiger partial charge in [0.05, 0.1) is 0 Å². The summed E-state index contributed by atoms with van der Waals surface area (Å²) in [6.07, 6.45) is 0. The number of thiazole rings is 1. The number of benzene rings is 1. The van der Waals surface area contributed by atoms with Crippen molar-refractivity contribution in [1.29, 1.82) is 0 Å². The molecule has 26 heavy (non-hydrogen) atoms. The molecule has 1 aromatic carbocycles. The Balaban J connectivity index is 1.45. The number of H-pyrrole nitrogens is 1. The monoisotopic (exact) mass is 369 g/mol. The lowest BCUT2D eigenvalue weighted by Gasteiger charge is -2.26. The van der Waals surface area contributed by atoms with Gasteiger partial charge in [0.1, 0.15) is 5.69 Å². The lowest BCUT2D eigenvalue weighted by Crippen LogP contribution is -2.43. The van der Waals surface area contributed by atoms with Gasteiger partial charge in [0.15, 0.2) is 5.13 Å². The minimum atomic E-state index is -0.268. The van der Waals surface area contributed by atoms with Crippen LogP contribution in [0.5, 0.6) is 0 Å². The summed E-state index contributed by atoms with van der Waals surface area (Å²) in [4.78, 5) is 34.0. The molecule has 1 amide bonds. The summed E-state index contributed by atoms with van der Waals surface area (Å²) < 4.78 is 0. The smallest absolute Gasteiger partial charge is 0.271 e. The molecule has 3 N–H and O–H groups in total. The van der Waals surface area contributed by atoms with Gasteiger partial charge in [0, 0.05) is 49.2 Å². The largest absolute Gasteiger partial charge is 0.346 e. The van der Waals surface area contributed by atoms with Crippen molar-refractivity contribution in [3.05, 3.63) is 57.3 Å². The van der Waals surface area contributed by atoms with Crippen LogP contribution in [0.3, 0.4) is 0 Å². The Hall–Kier alpha value is -2.71. The first-order valence-corrected chi connectivity index (χ1v) is 9.39. The van der Waals surface area contributed by atoms with Gasteiger partial charge >= 0.3 is 0 Å². The lowest BCUT2D eigenvalue weighted by molar-refractivity contribution is 0.0946. The fraction of sp³-hybridized carbons (Fsp3) is 0.278. The molecule has 1 saturated heterocycles. The number of anilines is 1. The fourth-order valence-electron chi connectivity index (χ4n) is 2.96. The van der Waals surface area contributed by atoms with Gasteiger partial charge in [0.25, 0.3) is 11.5 Å². The molecule has 7 nitrogen and oxygen atoms in total. The Bertz CT molecular complexity index is 990. The van der Waals surface area contributed by atoms with E-state index in [0.717, 1.165) is 42.2 Å². The SMILES string of the molecule is O=C(NCc1cc2ccccc2[nH]c1=O)c1csc(N2CCNCC2)n1.